The highest BCUT2D eigenvalue weighted by Gasteiger charge is 2.17. The maximum Gasteiger partial charge on any atom is 0.204 e. The van der Waals surface area contributed by atoms with Crippen LogP contribution in [0.4, 0.5) is 5.95 Å². The van der Waals surface area contributed by atoms with Crippen molar-refractivity contribution in [2.24, 2.45) is 0 Å². The lowest BCUT2D eigenvalue weighted by molar-refractivity contribution is 0.419. The van der Waals surface area contributed by atoms with E-state index in [2.05, 4.69) is 20.9 Å². The van der Waals surface area contributed by atoms with E-state index in [9.17, 15) is 0 Å². The smallest absolute Gasteiger partial charge is 0.204 e. The quantitative estimate of drug-likeness (QED) is 0.738. The fourth-order valence-corrected chi connectivity index (χ4v) is 1.93. The average molecular weight is 189 g/mol. The highest BCUT2D eigenvalue weighted by molar-refractivity contribution is 5.85. The second-order valence-corrected chi connectivity index (χ2v) is 3.34. The predicted molar refractivity (Wildman–Crippen MR) is 54.8 cm³/mol. The van der Waals surface area contributed by atoms with E-state index in [1.54, 1.807) is 7.11 Å². The lowest BCUT2D eigenvalue weighted by Gasteiger charge is -2.00. The van der Waals surface area contributed by atoms with E-state index in [1.807, 2.05) is 12.1 Å². The molecule has 0 saturated heterocycles. The zero-order valence-electron chi connectivity index (χ0n) is 7.95. The van der Waals surface area contributed by atoms with E-state index in [1.165, 1.54) is 0 Å². The van der Waals surface area contributed by atoms with Crippen LogP contribution in [0.15, 0.2) is 18.2 Å². The normalized spacial score (nSPS) is 14.1. The minimum Gasteiger partial charge on any atom is -0.494 e. The van der Waals surface area contributed by atoms with Crippen LogP contribution in [0.2, 0.25) is 0 Å². The lowest BCUT2D eigenvalue weighted by Crippen LogP contribution is -1.95. The van der Waals surface area contributed by atoms with E-state index in [-0.39, 0.29) is 0 Å². The first kappa shape index (κ1) is 7.67. The molecule has 0 saturated carbocycles. The second-order valence-electron chi connectivity index (χ2n) is 3.34. The monoisotopic (exact) mass is 189 g/mol. The first-order valence-corrected chi connectivity index (χ1v) is 4.67. The lowest BCUT2D eigenvalue weighted by atomic mass is 10.3. The number of rotatable bonds is 1. The number of nitrogens with zero attached hydrogens (tertiary/aromatic N) is 2. The van der Waals surface area contributed by atoms with Gasteiger partial charge in [-0.2, -0.15) is 0 Å². The molecule has 1 aliphatic rings. The fourth-order valence-electron chi connectivity index (χ4n) is 1.93. The number of imidazole rings is 1. The highest BCUT2D eigenvalue weighted by Crippen LogP contribution is 2.29. The summed E-state index contributed by atoms with van der Waals surface area (Å²) in [7, 11) is 1.67. The van der Waals surface area contributed by atoms with Crippen LogP contribution in [0.25, 0.3) is 11.0 Å². The number of aromatic nitrogens is 2. The summed E-state index contributed by atoms with van der Waals surface area (Å²) in [5.74, 6) is 1.79. The van der Waals surface area contributed by atoms with Gasteiger partial charge in [0.1, 0.15) is 11.3 Å². The second kappa shape index (κ2) is 2.64. The maximum absolute atomic E-state index is 5.26. The molecule has 4 nitrogen and oxygen atoms in total. The molecule has 0 spiro atoms. The number of hydrogen-bond acceptors (Lipinski definition) is 3. The number of methoxy groups -OCH3 is 1. The van der Waals surface area contributed by atoms with Gasteiger partial charge in [0.25, 0.3) is 0 Å². The van der Waals surface area contributed by atoms with E-state index in [0.29, 0.717) is 0 Å². The summed E-state index contributed by atoms with van der Waals surface area (Å²) in [4.78, 5) is 4.49. The summed E-state index contributed by atoms with van der Waals surface area (Å²) in [5, 5.41) is 3.24. The Kier molecular flexibility index (Phi) is 1.45. The SMILES string of the molecule is COc1cccc2c1nc1n2CCN1. The Morgan fingerprint density at radius 2 is 2.43 bits per heavy atom. The van der Waals surface area contributed by atoms with E-state index in [0.717, 1.165) is 35.8 Å². The first-order chi connectivity index (χ1) is 6.90. The topological polar surface area (TPSA) is 39.1 Å². The number of hydrogen-bond donors (Lipinski definition) is 1. The zero-order chi connectivity index (χ0) is 9.54. The van der Waals surface area contributed by atoms with Crippen LogP contribution >= 0.6 is 0 Å². The molecule has 0 radical (unpaired) electrons. The molecule has 4 heteroatoms. The van der Waals surface area contributed by atoms with Crippen molar-refractivity contribution in [2.75, 3.05) is 19.0 Å². The van der Waals surface area contributed by atoms with Gasteiger partial charge in [0.05, 0.1) is 12.6 Å². The van der Waals surface area contributed by atoms with E-state index < -0.39 is 0 Å². The van der Waals surface area contributed by atoms with Crippen LogP contribution in [-0.2, 0) is 6.54 Å². The molecule has 14 heavy (non-hydrogen) atoms. The van der Waals surface area contributed by atoms with Crippen molar-refractivity contribution < 1.29 is 4.74 Å². The molecule has 1 aromatic heterocycles. The molecule has 0 amide bonds. The van der Waals surface area contributed by atoms with Gasteiger partial charge in [-0.1, -0.05) is 6.07 Å². The van der Waals surface area contributed by atoms with Crippen molar-refractivity contribution in [3.8, 4) is 5.75 Å². The summed E-state index contributed by atoms with van der Waals surface area (Å²) in [6, 6.07) is 6.00. The molecule has 72 valence electrons. The molecule has 1 N–H and O–H groups in total. The standard InChI is InChI=1S/C10H11N3O/c1-14-8-4-2-3-7-9(8)12-10-11-5-6-13(7)10/h2-4H,5-6H2,1H3,(H,11,12). The summed E-state index contributed by atoms with van der Waals surface area (Å²) in [6.45, 7) is 1.95. The number of benzene rings is 1. The molecule has 0 bridgehead atoms. The van der Waals surface area contributed by atoms with Crippen molar-refractivity contribution in [2.45, 2.75) is 6.54 Å². The van der Waals surface area contributed by atoms with Gasteiger partial charge in [-0.25, -0.2) is 4.98 Å². The van der Waals surface area contributed by atoms with Gasteiger partial charge in [-0.3, -0.25) is 0 Å². The van der Waals surface area contributed by atoms with Crippen molar-refractivity contribution in [3.63, 3.8) is 0 Å². The van der Waals surface area contributed by atoms with Crippen LogP contribution < -0.4 is 10.1 Å². The molecular formula is C10H11N3O. The minimum atomic E-state index is 0.839. The fraction of sp³-hybridized carbons (Fsp3) is 0.300. The Hall–Kier alpha value is -1.71. The molecule has 0 aliphatic carbocycles. The molecular weight excluding hydrogens is 178 g/mol. The average Bonchev–Trinajstić information content (AvgIpc) is 2.76. The Bertz CT molecular complexity index is 489. The summed E-state index contributed by atoms with van der Waals surface area (Å²) in [6.07, 6.45) is 0. The van der Waals surface area contributed by atoms with Crippen molar-refractivity contribution >= 4 is 17.0 Å². The van der Waals surface area contributed by atoms with Crippen LogP contribution in [0.3, 0.4) is 0 Å². The first-order valence-electron chi connectivity index (χ1n) is 4.67. The van der Waals surface area contributed by atoms with Crippen LogP contribution in [0.5, 0.6) is 5.75 Å². The summed E-state index contributed by atoms with van der Waals surface area (Å²) in [5.41, 5.74) is 2.08. The number of anilines is 1. The molecule has 1 aliphatic heterocycles. The van der Waals surface area contributed by atoms with Crippen LogP contribution in [0, 0.1) is 0 Å². The summed E-state index contributed by atoms with van der Waals surface area (Å²) < 4.78 is 7.44. The third-order valence-corrected chi connectivity index (χ3v) is 2.58. The van der Waals surface area contributed by atoms with Crippen LogP contribution in [0.1, 0.15) is 0 Å². The van der Waals surface area contributed by atoms with Crippen LogP contribution in [-0.4, -0.2) is 23.2 Å². The van der Waals surface area contributed by atoms with Gasteiger partial charge in [-0.15, -0.1) is 0 Å². The Morgan fingerprint density at radius 1 is 1.50 bits per heavy atom. The molecule has 0 unspecified atom stereocenters. The predicted octanol–water partition coefficient (Wildman–Crippen LogP) is 1.47. The van der Waals surface area contributed by atoms with Crippen molar-refractivity contribution in [3.05, 3.63) is 18.2 Å². The third kappa shape index (κ3) is 0.852. The highest BCUT2D eigenvalue weighted by atomic mass is 16.5. The van der Waals surface area contributed by atoms with Gasteiger partial charge in [-0.05, 0) is 12.1 Å². The van der Waals surface area contributed by atoms with Crippen molar-refractivity contribution in [1.82, 2.24) is 9.55 Å². The number of nitrogens with one attached hydrogen (secondary N) is 1. The van der Waals surface area contributed by atoms with E-state index in [4.69, 9.17) is 4.74 Å². The number of fused-ring (bicyclic) bond motifs is 3. The molecule has 3 rings (SSSR count). The summed E-state index contributed by atoms with van der Waals surface area (Å²) >= 11 is 0. The Morgan fingerprint density at radius 3 is 3.29 bits per heavy atom. The van der Waals surface area contributed by atoms with Gasteiger partial charge in [0.2, 0.25) is 5.95 Å². The largest absolute Gasteiger partial charge is 0.494 e. The molecule has 2 heterocycles. The molecule has 1 aromatic carbocycles. The van der Waals surface area contributed by atoms with E-state index >= 15 is 0 Å². The van der Waals surface area contributed by atoms with Gasteiger partial charge < -0.3 is 14.6 Å². The number of ether oxygens (including phenoxy) is 1. The molecule has 0 atom stereocenters. The minimum absolute atomic E-state index is 0.839. The van der Waals surface area contributed by atoms with Gasteiger partial charge in [0.15, 0.2) is 0 Å². The Labute approximate surface area is 81.5 Å². The van der Waals surface area contributed by atoms with Gasteiger partial charge in [0, 0.05) is 13.1 Å². The maximum atomic E-state index is 5.26. The molecule has 0 fully saturated rings. The van der Waals surface area contributed by atoms with Crippen molar-refractivity contribution in [1.29, 1.82) is 0 Å². The molecule has 2 aromatic rings. The number of para-hydroxylation sites is 1. The van der Waals surface area contributed by atoms with Gasteiger partial charge >= 0.3 is 0 Å². The zero-order valence-corrected chi connectivity index (χ0v) is 7.95. The Balaban J connectivity index is 2.36. The third-order valence-electron chi connectivity index (χ3n) is 2.58.